The van der Waals surface area contributed by atoms with Crippen molar-refractivity contribution in [2.75, 3.05) is 0 Å². The van der Waals surface area contributed by atoms with E-state index >= 15 is 0 Å². The van der Waals surface area contributed by atoms with Gasteiger partial charge < -0.3 is 5.73 Å². The van der Waals surface area contributed by atoms with Crippen LogP contribution in [-0.2, 0) is 6.54 Å². The van der Waals surface area contributed by atoms with Gasteiger partial charge in [-0.3, -0.25) is 0 Å². The van der Waals surface area contributed by atoms with Crippen LogP contribution in [-0.4, -0.2) is 0 Å². The molecule has 2 rings (SSSR count). The molecule has 0 fully saturated rings. The van der Waals surface area contributed by atoms with Crippen LogP contribution in [0.15, 0.2) is 23.6 Å². The average Bonchev–Trinajstić information content (AvgIpc) is 2.64. The molecule has 1 nitrogen and oxygen atoms in total. The molecule has 1 heterocycles. The maximum Gasteiger partial charge on any atom is 0.136 e. The van der Waals surface area contributed by atoms with Gasteiger partial charge in [0.25, 0.3) is 0 Å². The summed E-state index contributed by atoms with van der Waals surface area (Å²) in [6.07, 6.45) is 0. The number of rotatable bonds is 2. The molecule has 84 valence electrons. The van der Waals surface area contributed by atoms with Gasteiger partial charge in [-0.1, -0.05) is 0 Å². The molecule has 0 atom stereocenters. The zero-order valence-corrected chi connectivity index (χ0v) is 8.95. The van der Waals surface area contributed by atoms with Gasteiger partial charge in [-0.2, -0.15) is 0 Å². The van der Waals surface area contributed by atoms with E-state index in [4.69, 9.17) is 5.73 Å². The fourth-order valence-corrected chi connectivity index (χ4v) is 2.28. The molecule has 0 radical (unpaired) electrons. The minimum absolute atomic E-state index is 0.198. The summed E-state index contributed by atoms with van der Waals surface area (Å²) in [6.45, 7) is 0.198. The molecule has 1 aromatic carbocycles. The van der Waals surface area contributed by atoms with E-state index in [-0.39, 0.29) is 12.1 Å². The molecule has 5 heteroatoms. The Labute approximate surface area is 94.3 Å². The summed E-state index contributed by atoms with van der Waals surface area (Å²) in [5.41, 5.74) is 5.63. The third-order valence-electron chi connectivity index (χ3n) is 2.21. The highest BCUT2D eigenvalue weighted by atomic mass is 32.1. The predicted octanol–water partition coefficient (Wildman–Crippen LogP) is 3.29. The van der Waals surface area contributed by atoms with Crippen molar-refractivity contribution in [3.8, 4) is 11.1 Å². The number of halogens is 3. The average molecular weight is 243 g/mol. The predicted molar refractivity (Wildman–Crippen MR) is 57.5 cm³/mol. The Balaban J connectivity index is 2.64. The van der Waals surface area contributed by atoms with Crippen molar-refractivity contribution in [2.45, 2.75) is 6.54 Å². The quantitative estimate of drug-likeness (QED) is 0.860. The van der Waals surface area contributed by atoms with Gasteiger partial charge in [-0.05, 0) is 11.4 Å². The van der Waals surface area contributed by atoms with Crippen LogP contribution in [0.25, 0.3) is 11.1 Å². The van der Waals surface area contributed by atoms with Crippen molar-refractivity contribution in [3.63, 3.8) is 0 Å². The Hall–Kier alpha value is -1.33. The number of hydrogen-bond acceptors (Lipinski definition) is 2. The van der Waals surface area contributed by atoms with Crippen LogP contribution >= 0.6 is 11.3 Å². The van der Waals surface area contributed by atoms with Crippen molar-refractivity contribution >= 4 is 11.3 Å². The number of thiophene rings is 1. The molecule has 0 bridgehead atoms. The molecular weight excluding hydrogens is 235 g/mol. The van der Waals surface area contributed by atoms with Gasteiger partial charge in [0.15, 0.2) is 0 Å². The Morgan fingerprint density at radius 3 is 2.31 bits per heavy atom. The van der Waals surface area contributed by atoms with Crippen LogP contribution in [0.5, 0.6) is 0 Å². The zero-order valence-electron chi connectivity index (χ0n) is 8.14. The summed E-state index contributed by atoms with van der Waals surface area (Å²) in [5, 5.41) is 1.69. The van der Waals surface area contributed by atoms with E-state index in [9.17, 15) is 13.2 Å². The van der Waals surface area contributed by atoms with Crippen molar-refractivity contribution in [1.82, 2.24) is 0 Å². The first kappa shape index (κ1) is 11.2. The highest BCUT2D eigenvalue weighted by molar-refractivity contribution is 7.10. The highest BCUT2D eigenvalue weighted by Gasteiger charge is 2.16. The normalized spacial score (nSPS) is 10.8. The van der Waals surface area contributed by atoms with Crippen molar-refractivity contribution in [2.24, 2.45) is 5.73 Å². The second kappa shape index (κ2) is 4.27. The first-order valence-corrected chi connectivity index (χ1v) is 5.42. The number of hydrogen-bond donors (Lipinski definition) is 1. The third-order valence-corrected chi connectivity index (χ3v) is 3.15. The van der Waals surface area contributed by atoms with Crippen LogP contribution < -0.4 is 5.73 Å². The third kappa shape index (κ3) is 1.83. The van der Waals surface area contributed by atoms with Gasteiger partial charge in [0.2, 0.25) is 0 Å². The van der Waals surface area contributed by atoms with E-state index in [1.165, 1.54) is 11.3 Å². The lowest BCUT2D eigenvalue weighted by Gasteiger charge is -2.05. The Morgan fingerprint density at radius 2 is 1.75 bits per heavy atom. The van der Waals surface area contributed by atoms with E-state index < -0.39 is 17.5 Å². The Kier molecular flexibility index (Phi) is 2.98. The standard InChI is InChI=1S/C11H8F3NS/c12-6-3-8(13)11(9(14)4-6)7-1-2-16-10(7)5-15/h1-4H,5,15H2. The Morgan fingerprint density at radius 1 is 1.12 bits per heavy atom. The van der Waals surface area contributed by atoms with Crippen LogP contribution in [0.3, 0.4) is 0 Å². The van der Waals surface area contributed by atoms with Crippen LogP contribution in [0.4, 0.5) is 13.2 Å². The molecular formula is C11H8F3NS. The van der Waals surface area contributed by atoms with E-state index in [0.717, 1.165) is 0 Å². The van der Waals surface area contributed by atoms with Crippen LogP contribution in [0.2, 0.25) is 0 Å². The molecule has 0 spiro atoms. The maximum atomic E-state index is 13.5. The second-order valence-electron chi connectivity index (χ2n) is 3.21. The molecule has 2 N–H and O–H groups in total. The summed E-state index contributed by atoms with van der Waals surface area (Å²) >= 11 is 1.31. The first-order valence-electron chi connectivity index (χ1n) is 4.55. The van der Waals surface area contributed by atoms with Crippen molar-refractivity contribution in [1.29, 1.82) is 0 Å². The van der Waals surface area contributed by atoms with Crippen molar-refractivity contribution < 1.29 is 13.2 Å². The molecule has 2 aromatic rings. The molecule has 1 aromatic heterocycles. The molecule has 0 aliphatic rings. The molecule has 0 aliphatic carbocycles. The summed E-state index contributed by atoms with van der Waals surface area (Å²) in [5.74, 6) is -2.75. The molecule has 0 saturated heterocycles. The fraction of sp³-hybridized carbons (Fsp3) is 0.0909. The van der Waals surface area contributed by atoms with E-state index in [2.05, 4.69) is 0 Å². The largest absolute Gasteiger partial charge is 0.326 e. The maximum absolute atomic E-state index is 13.5. The van der Waals surface area contributed by atoms with Crippen molar-refractivity contribution in [3.05, 3.63) is 45.9 Å². The minimum Gasteiger partial charge on any atom is -0.326 e. The lowest BCUT2D eigenvalue weighted by Crippen LogP contribution is -1.98. The van der Waals surface area contributed by atoms with Gasteiger partial charge in [0, 0.05) is 29.1 Å². The van der Waals surface area contributed by atoms with E-state index in [0.29, 0.717) is 22.6 Å². The van der Waals surface area contributed by atoms with E-state index in [1.54, 1.807) is 11.4 Å². The van der Waals surface area contributed by atoms with Crippen LogP contribution in [0, 0.1) is 17.5 Å². The lowest BCUT2D eigenvalue weighted by atomic mass is 10.1. The summed E-state index contributed by atoms with van der Waals surface area (Å²) in [6, 6.07) is 2.90. The Bertz CT molecular complexity index is 499. The summed E-state index contributed by atoms with van der Waals surface area (Å²) in [7, 11) is 0. The molecule has 0 aliphatic heterocycles. The fourth-order valence-electron chi connectivity index (χ4n) is 1.52. The number of benzene rings is 1. The number of nitrogens with two attached hydrogens (primary N) is 1. The summed E-state index contributed by atoms with van der Waals surface area (Å²) < 4.78 is 39.7. The molecule has 0 saturated carbocycles. The highest BCUT2D eigenvalue weighted by Crippen LogP contribution is 2.32. The lowest BCUT2D eigenvalue weighted by molar-refractivity contribution is 0.548. The molecule has 0 amide bonds. The zero-order chi connectivity index (χ0) is 11.7. The molecule has 0 unspecified atom stereocenters. The minimum atomic E-state index is -0.928. The van der Waals surface area contributed by atoms with Gasteiger partial charge in [0.1, 0.15) is 17.5 Å². The van der Waals surface area contributed by atoms with Crippen LogP contribution in [0.1, 0.15) is 4.88 Å². The SMILES string of the molecule is NCc1sccc1-c1c(F)cc(F)cc1F. The smallest absolute Gasteiger partial charge is 0.136 e. The van der Waals surface area contributed by atoms with E-state index in [1.807, 2.05) is 0 Å². The van der Waals surface area contributed by atoms with Gasteiger partial charge in [-0.25, -0.2) is 13.2 Å². The summed E-state index contributed by atoms with van der Waals surface area (Å²) in [4.78, 5) is 0.671. The monoisotopic (exact) mass is 243 g/mol. The second-order valence-corrected chi connectivity index (χ2v) is 4.21. The molecule has 16 heavy (non-hydrogen) atoms. The topological polar surface area (TPSA) is 26.0 Å². The van der Waals surface area contributed by atoms with Gasteiger partial charge in [0.05, 0.1) is 5.56 Å². The van der Waals surface area contributed by atoms with Gasteiger partial charge >= 0.3 is 0 Å². The van der Waals surface area contributed by atoms with Gasteiger partial charge in [-0.15, -0.1) is 11.3 Å². The first-order chi connectivity index (χ1) is 7.63.